The van der Waals surface area contributed by atoms with Crippen LogP contribution in [0.1, 0.15) is 66.8 Å². The third-order valence-corrected chi connectivity index (χ3v) is 7.72. The largest absolute Gasteiger partial charge is 0.465 e. The van der Waals surface area contributed by atoms with Crippen molar-refractivity contribution in [2.75, 3.05) is 6.61 Å². The number of carbonyl (C=O) groups is 1. The van der Waals surface area contributed by atoms with Gasteiger partial charge in [0.25, 0.3) is 5.69 Å². The van der Waals surface area contributed by atoms with E-state index in [0.29, 0.717) is 28.5 Å². The molecule has 0 radical (unpaired) electrons. The van der Waals surface area contributed by atoms with E-state index in [-0.39, 0.29) is 23.1 Å². The molecule has 8 nitrogen and oxygen atoms in total. The molecule has 1 aliphatic carbocycles. The van der Waals surface area contributed by atoms with Crippen molar-refractivity contribution < 1.29 is 14.5 Å². The third-order valence-electron chi connectivity index (χ3n) is 7.47. The molecule has 1 aromatic heterocycles. The summed E-state index contributed by atoms with van der Waals surface area (Å²) in [4.78, 5) is 30.1. The number of carbonyl (C=O) groups excluding carboxylic acids is 1. The first-order valence-corrected chi connectivity index (χ1v) is 13.0. The van der Waals surface area contributed by atoms with Gasteiger partial charge in [0.1, 0.15) is 5.92 Å². The second-order valence-corrected chi connectivity index (χ2v) is 10.2. The minimum absolute atomic E-state index is 0.0201. The smallest absolute Gasteiger partial charge is 0.315 e. The lowest BCUT2D eigenvalue weighted by molar-refractivity contribution is -0.385. The van der Waals surface area contributed by atoms with Crippen molar-refractivity contribution in [3.8, 4) is 0 Å². The summed E-state index contributed by atoms with van der Waals surface area (Å²) in [7, 11) is 1.84. The van der Waals surface area contributed by atoms with Crippen LogP contribution in [0.3, 0.4) is 0 Å². The van der Waals surface area contributed by atoms with Gasteiger partial charge in [0.05, 0.1) is 17.2 Å². The predicted octanol–water partition coefficient (Wildman–Crippen LogP) is 6.28. The highest BCUT2D eigenvalue weighted by molar-refractivity contribution is 6.30. The maximum atomic E-state index is 13.6. The Labute approximate surface area is 220 Å². The molecule has 0 bridgehead atoms. The Hall–Kier alpha value is -3.52. The third kappa shape index (κ3) is 4.90. The van der Waals surface area contributed by atoms with Crippen LogP contribution in [0.25, 0.3) is 0 Å². The lowest BCUT2D eigenvalue weighted by Crippen LogP contribution is -2.34. The highest BCUT2D eigenvalue weighted by Crippen LogP contribution is 2.50. The Morgan fingerprint density at radius 3 is 2.57 bits per heavy atom. The van der Waals surface area contributed by atoms with Crippen molar-refractivity contribution >= 4 is 34.8 Å². The van der Waals surface area contributed by atoms with Gasteiger partial charge in [0, 0.05) is 53.2 Å². The number of hydrogen-bond acceptors (Lipinski definition) is 6. The number of benzene rings is 2. The van der Waals surface area contributed by atoms with Crippen LogP contribution in [0.5, 0.6) is 0 Å². The molecule has 0 amide bonds. The quantitative estimate of drug-likeness (QED) is 0.207. The molecule has 1 aliphatic heterocycles. The van der Waals surface area contributed by atoms with Crippen molar-refractivity contribution in [3.05, 3.63) is 86.1 Å². The molecule has 1 saturated carbocycles. The summed E-state index contributed by atoms with van der Waals surface area (Å²) in [6, 6.07) is 14.1. The highest BCUT2D eigenvalue weighted by atomic mass is 35.5. The zero-order chi connectivity index (χ0) is 26.1. The second-order valence-electron chi connectivity index (χ2n) is 9.80. The van der Waals surface area contributed by atoms with E-state index >= 15 is 0 Å². The normalized spacial score (nSPS) is 19.4. The molecule has 0 spiro atoms. The molecular weight excluding hydrogens is 492 g/mol. The number of nitro groups is 1. The maximum absolute atomic E-state index is 13.6. The van der Waals surface area contributed by atoms with E-state index < -0.39 is 17.8 Å². The van der Waals surface area contributed by atoms with E-state index in [2.05, 4.69) is 0 Å². The molecule has 2 aliphatic rings. The first kappa shape index (κ1) is 25.1. The number of hydrogen-bond donors (Lipinski definition) is 0. The van der Waals surface area contributed by atoms with Crippen molar-refractivity contribution in [2.24, 2.45) is 18.0 Å². The van der Waals surface area contributed by atoms with Crippen LogP contribution >= 0.6 is 11.6 Å². The number of aromatic nitrogens is 2. The summed E-state index contributed by atoms with van der Waals surface area (Å²) in [5.41, 5.74) is 3.73. The van der Waals surface area contributed by atoms with Crippen LogP contribution in [0, 0.1) is 16.0 Å². The van der Waals surface area contributed by atoms with Crippen molar-refractivity contribution in [3.63, 3.8) is 0 Å². The standard InChI is InChI=1S/C28H29ClN4O4/c1-17-23(28(34)37-16-15-18-11-13-20(29)14-12-18)24(21-9-5-6-10-22(21)33(35)36)25-26(19-7-3-4-8-19)31-32(2)27(25)30-17/h5-6,9-14,19,23-24H,3-4,7-8,15-16H2,1-2H3. The van der Waals surface area contributed by atoms with Gasteiger partial charge < -0.3 is 4.74 Å². The van der Waals surface area contributed by atoms with Crippen molar-refractivity contribution in [1.29, 1.82) is 0 Å². The Bertz CT molecular complexity index is 1360. The fourth-order valence-corrected chi connectivity index (χ4v) is 5.82. The molecule has 9 heteroatoms. The predicted molar refractivity (Wildman–Crippen MR) is 142 cm³/mol. The first-order chi connectivity index (χ1) is 17.8. The molecule has 192 valence electrons. The van der Waals surface area contributed by atoms with E-state index in [1.54, 1.807) is 41.9 Å². The second kappa shape index (κ2) is 10.5. The molecule has 0 saturated heterocycles. The molecule has 5 rings (SSSR count). The van der Waals surface area contributed by atoms with Gasteiger partial charge in [0.2, 0.25) is 0 Å². The number of aliphatic imine (C=N–C) groups is 1. The Morgan fingerprint density at radius 1 is 1.16 bits per heavy atom. The number of aryl methyl sites for hydroxylation is 1. The maximum Gasteiger partial charge on any atom is 0.315 e. The molecule has 37 heavy (non-hydrogen) atoms. The van der Waals surface area contributed by atoms with Gasteiger partial charge in [-0.25, -0.2) is 4.99 Å². The Morgan fingerprint density at radius 2 is 1.86 bits per heavy atom. The fraction of sp³-hybridized carbons (Fsp3) is 0.393. The molecule has 1 fully saturated rings. The molecule has 2 aromatic carbocycles. The number of halogens is 1. The fourth-order valence-electron chi connectivity index (χ4n) is 5.70. The first-order valence-electron chi connectivity index (χ1n) is 12.6. The number of fused-ring (bicyclic) bond motifs is 1. The Kier molecular flexibility index (Phi) is 7.11. The zero-order valence-corrected chi connectivity index (χ0v) is 21.6. The molecular formula is C28H29ClN4O4. The molecule has 2 atom stereocenters. The van der Waals surface area contributed by atoms with Gasteiger partial charge in [-0.2, -0.15) is 5.10 Å². The van der Waals surface area contributed by atoms with Gasteiger partial charge in [-0.15, -0.1) is 0 Å². The van der Waals surface area contributed by atoms with E-state index in [0.717, 1.165) is 42.5 Å². The zero-order valence-electron chi connectivity index (χ0n) is 20.9. The van der Waals surface area contributed by atoms with Crippen LogP contribution in [-0.4, -0.2) is 33.0 Å². The summed E-state index contributed by atoms with van der Waals surface area (Å²) >= 11 is 5.97. The summed E-state index contributed by atoms with van der Waals surface area (Å²) in [5.74, 6) is -0.932. The lowest BCUT2D eigenvalue weighted by Gasteiger charge is -2.30. The van der Waals surface area contributed by atoms with Crippen LogP contribution in [0.4, 0.5) is 11.5 Å². The lowest BCUT2D eigenvalue weighted by atomic mass is 9.74. The number of rotatable bonds is 7. The average Bonchev–Trinajstić information content (AvgIpc) is 3.53. The SMILES string of the molecule is CC1=Nc2c(c(C3CCCC3)nn2C)C(c2ccccc2[N+](=O)[O-])C1C(=O)OCCc1ccc(Cl)cc1. The monoisotopic (exact) mass is 520 g/mol. The molecule has 3 aromatic rings. The van der Waals surface area contributed by atoms with Gasteiger partial charge >= 0.3 is 5.97 Å². The summed E-state index contributed by atoms with van der Waals surface area (Å²) in [6.45, 7) is 1.97. The topological polar surface area (TPSA) is 99.6 Å². The highest BCUT2D eigenvalue weighted by Gasteiger charge is 2.45. The van der Waals surface area contributed by atoms with Crippen LogP contribution < -0.4 is 0 Å². The van der Waals surface area contributed by atoms with Crippen molar-refractivity contribution in [2.45, 2.75) is 50.9 Å². The van der Waals surface area contributed by atoms with Crippen LogP contribution in [0.2, 0.25) is 5.02 Å². The van der Waals surface area contributed by atoms with E-state index in [9.17, 15) is 14.9 Å². The van der Waals surface area contributed by atoms with Gasteiger partial charge in [-0.1, -0.05) is 54.8 Å². The van der Waals surface area contributed by atoms with Crippen LogP contribution in [-0.2, 0) is 23.0 Å². The van der Waals surface area contributed by atoms with Gasteiger partial charge in [-0.3, -0.25) is 19.6 Å². The minimum atomic E-state index is -0.789. The number of esters is 1. The average molecular weight is 521 g/mol. The minimum Gasteiger partial charge on any atom is -0.465 e. The van der Waals surface area contributed by atoms with Crippen molar-refractivity contribution in [1.82, 2.24) is 9.78 Å². The summed E-state index contributed by atoms with van der Waals surface area (Å²) < 4.78 is 7.52. The number of nitro benzene ring substituents is 1. The Balaban J connectivity index is 1.54. The van der Waals surface area contributed by atoms with Gasteiger partial charge in [0.15, 0.2) is 5.82 Å². The van der Waals surface area contributed by atoms with Crippen LogP contribution in [0.15, 0.2) is 53.5 Å². The molecule has 0 N–H and O–H groups in total. The summed E-state index contributed by atoms with van der Waals surface area (Å²) in [6.07, 6.45) is 4.78. The number of ether oxygens (including phenoxy) is 1. The molecule has 2 heterocycles. The molecule has 2 unspecified atom stereocenters. The van der Waals surface area contributed by atoms with E-state index in [1.807, 2.05) is 19.2 Å². The van der Waals surface area contributed by atoms with E-state index in [1.165, 1.54) is 6.07 Å². The number of para-hydroxylation sites is 1. The summed E-state index contributed by atoms with van der Waals surface area (Å²) in [5, 5.41) is 17.5. The number of nitrogens with zero attached hydrogens (tertiary/aromatic N) is 4. The van der Waals surface area contributed by atoms with Gasteiger partial charge in [-0.05, 0) is 37.5 Å². The van der Waals surface area contributed by atoms with E-state index in [4.69, 9.17) is 26.4 Å².